The molecule has 0 spiro atoms. The first-order valence-electron chi connectivity index (χ1n) is 19.4. The van der Waals surface area contributed by atoms with E-state index in [1.807, 2.05) is 24.3 Å². The van der Waals surface area contributed by atoms with Crippen molar-refractivity contribution < 1.29 is 0 Å². The average Bonchev–Trinajstić information content (AvgIpc) is 3.63. The molecule has 0 radical (unpaired) electrons. The summed E-state index contributed by atoms with van der Waals surface area (Å²) in [5.74, 6) is 0.712. The minimum atomic E-state index is 0.712. The summed E-state index contributed by atoms with van der Waals surface area (Å²) in [4.78, 5) is 10.2. The van der Waals surface area contributed by atoms with Crippen LogP contribution in [0.15, 0.2) is 212 Å². The lowest BCUT2D eigenvalue weighted by Crippen LogP contribution is -1.97. The lowest BCUT2D eigenvalue weighted by Gasteiger charge is -2.16. The molecule has 9 aromatic carbocycles. The van der Waals surface area contributed by atoms with E-state index in [-0.39, 0.29) is 0 Å². The summed E-state index contributed by atoms with van der Waals surface area (Å²) in [7, 11) is 0. The molecule has 11 rings (SSSR count). The van der Waals surface area contributed by atoms with Crippen LogP contribution in [-0.4, -0.2) is 14.5 Å². The normalized spacial score (nSPS) is 11.5. The van der Waals surface area contributed by atoms with Gasteiger partial charge >= 0.3 is 0 Å². The zero-order chi connectivity index (χ0) is 37.7. The predicted molar refractivity (Wildman–Crippen MR) is 239 cm³/mol. The summed E-state index contributed by atoms with van der Waals surface area (Å²) in [6.07, 6.45) is 0. The van der Waals surface area contributed by atoms with Crippen molar-refractivity contribution in [2.24, 2.45) is 0 Å². The van der Waals surface area contributed by atoms with E-state index in [9.17, 15) is 0 Å². The van der Waals surface area contributed by atoms with E-state index >= 15 is 0 Å². The van der Waals surface area contributed by atoms with E-state index in [1.54, 1.807) is 0 Å². The molecule has 0 N–H and O–H groups in total. The van der Waals surface area contributed by atoms with Gasteiger partial charge < -0.3 is 4.57 Å². The van der Waals surface area contributed by atoms with Gasteiger partial charge in [-0.25, -0.2) is 9.97 Å². The number of hydrogen-bond donors (Lipinski definition) is 0. The second-order valence-corrected chi connectivity index (χ2v) is 14.5. The first kappa shape index (κ1) is 32.8. The number of rotatable bonds is 6. The molecule has 0 saturated heterocycles. The summed E-state index contributed by atoms with van der Waals surface area (Å²) in [5.41, 5.74) is 13.3. The van der Waals surface area contributed by atoms with Crippen molar-refractivity contribution in [2.75, 3.05) is 0 Å². The van der Waals surface area contributed by atoms with E-state index < -0.39 is 0 Å². The predicted octanol–water partition coefficient (Wildman–Crippen LogP) is 14.2. The van der Waals surface area contributed by atoms with Crippen molar-refractivity contribution in [3.8, 4) is 61.8 Å². The third kappa shape index (κ3) is 5.60. The van der Waals surface area contributed by atoms with E-state index in [4.69, 9.17) is 9.97 Å². The van der Waals surface area contributed by atoms with Crippen LogP contribution in [0.2, 0.25) is 0 Å². The zero-order valence-corrected chi connectivity index (χ0v) is 31.0. The number of aromatic nitrogens is 3. The third-order valence-corrected chi connectivity index (χ3v) is 11.2. The molecule has 0 unspecified atom stereocenters. The molecule has 0 aliphatic heterocycles. The van der Waals surface area contributed by atoms with Crippen LogP contribution < -0.4 is 0 Å². The Hall–Kier alpha value is -7.62. The second-order valence-electron chi connectivity index (χ2n) is 14.5. The molecule has 0 bridgehead atoms. The van der Waals surface area contributed by atoms with Crippen LogP contribution >= 0.6 is 0 Å². The van der Waals surface area contributed by atoms with E-state index in [0.717, 1.165) is 33.5 Å². The van der Waals surface area contributed by atoms with Gasteiger partial charge in [0, 0.05) is 32.8 Å². The maximum absolute atomic E-state index is 5.18. The molecule has 266 valence electrons. The summed E-state index contributed by atoms with van der Waals surface area (Å²) in [5, 5.41) is 7.30. The van der Waals surface area contributed by atoms with Crippen LogP contribution in [0.4, 0.5) is 0 Å². The number of nitrogens with zero attached hydrogens (tertiary/aromatic N) is 3. The van der Waals surface area contributed by atoms with Crippen molar-refractivity contribution in [2.45, 2.75) is 0 Å². The Morgan fingerprint density at radius 2 is 0.719 bits per heavy atom. The Kier molecular flexibility index (Phi) is 7.82. The maximum atomic E-state index is 5.18. The number of benzene rings is 9. The van der Waals surface area contributed by atoms with Gasteiger partial charge in [-0.05, 0) is 68.7 Å². The quantitative estimate of drug-likeness (QED) is 0.171. The molecule has 3 heteroatoms. The zero-order valence-electron chi connectivity index (χ0n) is 31.0. The summed E-state index contributed by atoms with van der Waals surface area (Å²) >= 11 is 0. The van der Waals surface area contributed by atoms with E-state index in [1.165, 1.54) is 65.9 Å². The molecular formula is C54H35N3. The fourth-order valence-electron chi connectivity index (χ4n) is 8.60. The maximum Gasteiger partial charge on any atom is 0.160 e. The van der Waals surface area contributed by atoms with Crippen LogP contribution in [0.3, 0.4) is 0 Å². The number of para-hydroxylation sites is 2. The highest BCUT2D eigenvalue weighted by Crippen LogP contribution is 2.41. The van der Waals surface area contributed by atoms with E-state index in [2.05, 4.69) is 193 Å². The lowest BCUT2D eigenvalue weighted by atomic mass is 9.91. The van der Waals surface area contributed by atoms with Crippen molar-refractivity contribution in [3.63, 3.8) is 0 Å². The molecule has 11 aromatic rings. The highest BCUT2D eigenvalue weighted by molar-refractivity contribution is 6.12. The van der Waals surface area contributed by atoms with Gasteiger partial charge in [0.25, 0.3) is 0 Å². The molecular weight excluding hydrogens is 691 g/mol. The fraction of sp³-hybridized carbons (Fsp3) is 0. The molecule has 0 atom stereocenters. The third-order valence-electron chi connectivity index (χ3n) is 11.2. The van der Waals surface area contributed by atoms with E-state index in [0.29, 0.717) is 5.82 Å². The largest absolute Gasteiger partial charge is 0.309 e. The highest BCUT2D eigenvalue weighted by atomic mass is 15.0. The average molecular weight is 726 g/mol. The Labute approximate surface area is 330 Å². The molecule has 0 saturated carbocycles. The van der Waals surface area contributed by atoms with Gasteiger partial charge in [0.15, 0.2) is 5.82 Å². The highest BCUT2D eigenvalue weighted by Gasteiger charge is 2.18. The van der Waals surface area contributed by atoms with Gasteiger partial charge in [0.05, 0.1) is 28.1 Å². The SMILES string of the molecule is c1ccc(-c2cc(-c3ccc(-c4cccc(-c5ccc(-n6c7ccccc7c7ccccc76)c6ccccc56)c4)c4ccccc34)nc(-c3ccccc3)n2)cc1. The van der Waals surface area contributed by atoms with Gasteiger partial charge in [0.1, 0.15) is 0 Å². The minimum Gasteiger partial charge on any atom is -0.309 e. The van der Waals surface area contributed by atoms with Crippen molar-refractivity contribution in [1.29, 1.82) is 0 Å². The summed E-state index contributed by atoms with van der Waals surface area (Å²) in [6, 6.07) is 75.7. The van der Waals surface area contributed by atoms with Crippen LogP contribution in [-0.2, 0) is 0 Å². The minimum absolute atomic E-state index is 0.712. The van der Waals surface area contributed by atoms with Crippen LogP contribution in [0.5, 0.6) is 0 Å². The Bertz CT molecular complexity index is 3180. The van der Waals surface area contributed by atoms with Crippen molar-refractivity contribution in [1.82, 2.24) is 14.5 Å². The smallest absolute Gasteiger partial charge is 0.160 e. The summed E-state index contributed by atoms with van der Waals surface area (Å²) < 4.78 is 2.42. The molecule has 57 heavy (non-hydrogen) atoms. The van der Waals surface area contributed by atoms with Crippen LogP contribution in [0.1, 0.15) is 0 Å². The van der Waals surface area contributed by atoms with Crippen LogP contribution in [0.25, 0.3) is 105 Å². The lowest BCUT2D eigenvalue weighted by molar-refractivity contribution is 1.18. The van der Waals surface area contributed by atoms with Gasteiger partial charge in [-0.2, -0.15) is 0 Å². The molecule has 2 heterocycles. The van der Waals surface area contributed by atoms with Crippen LogP contribution in [0, 0.1) is 0 Å². The second kappa shape index (κ2) is 13.6. The first-order chi connectivity index (χ1) is 28.3. The molecule has 0 amide bonds. The molecule has 0 fully saturated rings. The summed E-state index contributed by atoms with van der Waals surface area (Å²) in [6.45, 7) is 0. The number of hydrogen-bond acceptors (Lipinski definition) is 2. The monoisotopic (exact) mass is 725 g/mol. The molecule has 2 aromatic heterocycles. The number of fused-ring (bicyclic) bond motifs is 5. The van der Waals surface area contributed by atoms with Crippen molar-refractivity contribution in [3.05, 3.63) is 212 Å². The van der Waals surface area contributed by atoms with Gasteiger partial charge in [-0.1, -0.05) is 182 Å². The van der Waals surface area contributed by atoms with Crippen molar-refractivity contribution >= 4 is 43.4 Å². The Morgan fingerprint density at radius 1 is 0.281 bits per heavy atom. The molecule has 0 aliphatic rings. The fourth-order valence-corrected chi connectivity index (χ4v) is 8.60. The van der Waals surface area contributed by atoms with Gasteiger partial charge in [-0.3, -0.25) is 0 Å². The Balaban J connectivity index is 1.04. The Morgan fingerprint density at radius 3 is 1.35 bits per heavy atom. The molecule has 0 aliphatic carbocycles. The first-order valence-corrected chi connectivity index (χ1v) is 19.4. The van der Waals surface area contributed by atoms with Gasteiger partial charge in [0.2, 0.25) is 0 Å². The topological polar surface area (TPSA) is 30.7 Å². The standard InChI is InChI=1S/C54H35N3/c1-3-16-36(17-4-1)49-35-50(56-54(55-49)37-18-5-2-6-19-37)45-31-30-40(42-22-7-8-24-44(42)45)38-20-15-21-39(34-38)41-32-33-53(46-25-10-9-23-43(41)46)57-51-28-13-11-26-47(51)48-27-12-14-29-52(48)57/h1-35H. The molecule has 3 nitrogen and oxygen atoms in total. The van der Waals surface area contributed by atoms with Gasteiger partial charge in [-0.15, -0.1) is 0 Å².